The first-order valence-electron chi connectivity index (χ1n) is 10.7. The number of hydrogen-bond donors (Lipinski definition) is 1. The van der Waals surface area contributed by atoms with Crippen molar-refractivity contribution in [1.29, 1.82) is 0 Å². The molecule has 1 atom stereocenters. The number of ether oxygens (including phenoxy) is 1. The highest BCUT2D eigenvalue weighted by Gasteiger charge is 2.23. The Morgan fingerprint density at radius 1 is 1.00 bits per heavy atom. The van der Waals surface area contributed by atoms with Crippen LogP contribution in [0.3, 0.4) is 0 Å². The van der Waals surface area contributed by atoms with E-state index in [2.05, 4.69) is 21.2 Å². The lowest BCUT2D eigenvalue weighted by molar-refractivity contribution is -0.129. The van der Waals surface area contributed by atoms with E-state index in [1.165, 1.54) is 0 Å². The number of nitrogens with zero attached hydrogens (tertiary/aromatic N) is 1. The monoisotopic (exact) mass is 492 g/mol. The lowest BCUT2D eigenvalue weighted by Gasteiger charge is -2.20. The molecule has 1 N–H and O–H groups in total. The molecule has 3 aromatic rings. The fourth-order valence-electron chi connectivity index (χ4n) is 3.78. The molecule has 1 heterocycles. The largest absolute Gasteiger partial charge is 0.475 e. The van der Waals surface area contributed by atoms with Crippen LogP contribution in [-0.2, 0) is 22.7 Å². The fourth-order valence-corrected chi connectivity index (χ4v) is 4.16. The highest BCUT2D eigenvalue weighted by Crippen LogP contribution is 2.29. The van der Waals surface area contributed by atoms with Crippen LogP contribution in [0, 0.1) is 0 Å². The van der Waals surface area contributed by atoms with Crippen molar-refractivity contribution in [1.82, 2.24) is 10.2 Å². The average molecular weight is 493 g/mol. The summed E-state index contributed by atoms with van der Waals surface area (Å²) in [5, 5.41) is 3.01. The highest BCUT2D eigenvalue weighted by atomic mass is 79.9. The first-order valence-corrected chi connectivity index (χ1v) is 11.5. The molecule has 1 aliphatic heterocycles. The van der Waals surface area contributed by atoms with Crippen LogP contribution < -0.4 is 10.1 Å². The topological polar surface area (TPSA) is 58.6 Å². The van der Waals surface area contributed by atoms with Gasteiger partial charge in [0.2, 0.25) is 12.0 Å². The van der Waals surface area contributed by atoms with Gasteiger partial charge >= 0.3 is 0 Å². The van der Waals surface area contributed by atoms with Gasteiger partial charge in [-0.2, -0.15) is 0 Å². The van der Waals surface area contributed by atoms with Crippen molar-refractivity contribution >= 4 is 27.7 Å². The number of likely N-dealkylation sites (tertiary alicyclic amines) is 1. The summed E-state index contributed by atoms with van der Waals surface area (Å²) in [6.45, 7) is 1.80. The second-order valence-corrected chi connectivity index (χ2v) is 8.65. The van der Waals surface area contributed by atoms with Crippen LogP contribution in [0.2, 0.25) is 0 Å². The molecule has 0 bridgehead atoms. The summed E-state index contributed by atoms with van der Waals surface area (Å²) in [6, 6.07) is 24.9. The number of nitrogens with one attached hydrogen (secondary N) is 1. The Morgan fingerprint density at radius 3 is 2.50 bits per heavy atom. The van der Waals surface area contributed by atoms with E-state index in [0.29, 0.717) is 25.3 Å². The number of carbonyl (C=O) groups excluding carboxylic acids is 2. The molecule has 6 heteroatoms. The molecular formula is C26H25BrN2O3. The van der Waals surface area contributed by atoms with E-state index in [-0.39, 0.29) is 11.8 Å². The Labute approximate surface area is 196 Å². The number of hydrogen-bond acceptors (Lipinski definition) is 3. The molecule has 0 aromatic heterocycles. The molecule has 4 rings (SSSR count). The summed E-state index contributed by atoms with van der Waals surface area (Å²) in [5.41, 5.74) is 2.83. The summed E-state index contributed by atoms with van der Waals surface area (Å²) in [4.78, 5) is 26.9. The molecular weight excluding hydrogens is 468 g/mol. The van der Waals surface area contributed by atoms with Crippen molar-refractivity contribution in [3.8, 4) is 5.75 Å². The Bertz CT molecular complexity index is 1090. The summed E-state index contributed by atoms with van der Waals surface area (Å²) < 4.78 is 6.89. The number of para-hydroxylation sites is 1. The van der Waals surface area contributed by atoms with E-state index in [1.807, 2.05) is 83.8 Å². The van der Waals surface area contributed by atoms with Crippen LogP contribution in [0.5, 0.6) is 5.75 Å². The van der Waals surface area contributed by atoms with Crippen molar-refractivity contribution in [3.63, 3.8) is 0 Å². The first-order chi connectivity index (χ1) is 15.6. The molecule has 1 unspecified atom stereocenters. The number of amides is 2. The van der Waals surface area contributed by atoms with Gasteiger partial charge < -0.3 is 15.0 Å². The third kappa shape index (κ3) is 5.56. The molecule has 3 aromatic carbocycles. The van der Waals surface area contributed by atoms with Gasteiger partial charge in [0.15, 0.2) is 0 Å². The minimum Gasteiger partial charge on any atom is -0.475 e. The van der Waals surface area contributed by atoms with Crippen molar-refractivity contribution in [3.05, 3.63) is 100 Å². The van der Waals surface area contributed by atoms with Crippen molar-refractivity contribution in [2.45, 2.75) is 32.0 Å². The number of rotatable bonds is 8. The predicted octanol–water partition coefficient (Wildman–Crippen LogP) is 5.01. The summed E-state index contributed by atoms with van der Waals surface area (Å²) in [6.07, 6.45) is 0.779. The maximum atomic E-state index is 13.1. The molecule has 0 spiro atoms. The second-order valence-electron chi connectivity index (χ2n) is 7.80. The van der Waals surface area contributed by atoms with E-state index >= 15 is 0 Å². The Morgan fingerprint density at radius 2 is 1.75 bits per heavy atom. The van der Waals surface area contributed by atoms with Crippen molar-refractivity contribution in [2.24, 2.45) is 0 Å². The van der Waals surface area contributed by atoms with Crippen LogP contribution in [0.15, 0.2) is 83.3 Å². The van der Waals surface area contributed by atoms with E-state index in [9.17, 15) is 9.59 Å². The summed E-state index contributed by atoms with van der Waals surface area (Å²) in [7, 11) is 0. The number of benzene rings is 3. The van der Waals surface area contributed by atoms with Gasteiger partial charge in [-0.1, -0.05) is 66.7 Å². The van der Waals surface area contributed by atoms with Gasteiger partial charge in [-0.25, -0.2) is 0 Å². The minimum atomic E-state index is -0.777. The van der Waals surface area contributed by atoms with E-state index in [1.54, 1.807) is 0 Å². The standard InChI is InChI=1S/C26H25BrN2O3/c27-22-12-4-5-13-23(22)32-25(21-10-2-1-3-11-21)26(31)28-17-19-8-6-9-20(16-19)18-29-15-7-14-24(29)30/h1-6,8-13,16,25H,7,14-15,17-18H2,(H,28,31). The van der Waals surface area contributed by atoms with E-state index in [0.717, 1.165) is 34.1 Å². The Balaban J connectivity index is 1.45. The molecule has 2 amide bonds. The lowest BCUT2D eigenvalue weighted by atomic mass is 10.1. The van der Waals surface area contributed by atoms with Crippen LogP contribution >= 0.6 is 15.9 Å². The summed E-state index contributed by atoms with van der Waals surface area (Å²) >= 11 is 3.49. The van der Waals surface area contributed by atoms with Gasteiger partial charge in [-0.15, -0.1) is 0 Å². The van der Waals surface area contributed by atoms with Crippen LogP contribution in [0.4, 0.5) is 0 Å². The van der Waals surface area contributed by atoms with Gasteiger partial charge in [-0.05, 0) is 45.6 Å². The third-order valence-corrected chi connectivity index (χ3v) is 6.08. The van der Waals surface area contributed by atoms with Crippen molar-refractivity contribution in [2.75, 3.05) is 6.54 Å². The third-order valence-electron chi connectivity index (χ3n) is 5.42. The molecule has 32 heavy (non-hydrogen) atoms. The zero-order valence-electron chi connectivity index (χ0n) is 17.7. The predicted molar refractivity (Wildman–Crippen MR) is 127 cm³/mol. The molecule has 164 valence electrons. The van der Waals surface area contributed by atoms with Crippen LogP contribution in [-0.4, -0.2) is 23.3 Å². The van der Waals surface area contributed by atoms with Gasteiger partial charge in [-0.3, -0.25) is 9.59 Å². The fraction of sp³-hybridized carbons (Fsp3) is 0.231. The number of carbonyl (C=O) groups is 2. The van der Waals surface area contributed by atoms with Gasteiger partial charge in [0, 0.05) is 31.6 Å². The Kier molecular flexibility index (Phi) is 7.22. The van der Waals surface area contributed by atoms with E-state index < -0.39 is 6.10 Å². The zero-order valence-corrected chi connectivity index (χ0v) is 19.3. The lowest BCUT2D eigenvalue weighted by Crippen LogP contribution is -2.32. The molecule has 0 saturated carbocycles. The minimum absolute atomic E-state index is 0.207. The van der Waals surface area contributed by atoms with Crippen LogP contribution in [0.1, 0.15) is 35.6 Å². The average Bonchev–Trinajstić information content (AvgIpc) is 3.22. The van der Waals surface area contributed by atoms with E-state index in [4.69, 9.17) is 4.74 Å². The molecule has 1 saturated heterocycles. The molecule has 1 fully saturated rings. The SMILES string of the molecule is O=C(NCc1cccc(CN2CCCC2=O)c1)C(Oc1ccccc1Br)c1ccccc1. The summed E-state index contributed by atoms with van der Waals surface area (Å²) in [5.74, 6) is 0.597. The van der Waals surface area contributed by atoms with Gasteiger partial charge in [0.25, 0.3) is 5.91 Å². The molecule has 0 aliphatic carbocycles. The highest BCUT2D eigenvalue weighted by molar-refractivity contribution is 9.10. The second kappa shape index (κ2) is 10.5. The van der Waals surface area contributed by atoms with Crippen LogP contribution in [0.25, 0.3) is 0 Å². The number of halogens is 1. The zero-order chi connectivity index (χ0) is 22.3. The maximum Gasteiger partial charge on any atom is 0.266 e. The first kappa shape index (κ1) is 22.1. The molecule has 1 aliphatic rings. The normalized spacial score (nSPS) is 14.3. The van der Waals surface area contributed by atoms with Gasteiger partial charge in [0.1, 0.15) is 5.75 Å². The molecule has 0 radical (unpaired) electrons. The smallest absolute Gasteiger partial charge is 0.266 e. The Hall–Kier alpha value is -3.12. The van der Waals surface area contributed by atoms with Crippen molar-refractivity contribution < 1.29 is 14.3 Å². The molecule has 5 nitrogen and oxygen atoms in total. The quantitative estimate of drug-likeness (QED) is 0.480. The maximum absolute atomic E-state index is 13.1. The van der Waals surface area contributed by atoms with Gasteiger partial charge in [0.05, 0.1) is 4.47 Å².